The monoisotopic (exact) mass is 271 g/mol. The van der Waals surface area contributed by atoms with Gasteiger partial charge in [-0.05, 0) is 12.8 Å². The first kappa shape index (κ1) is 18.4. The standard InChI is InChI=1S/C16H33NO2/c1-2-3-4-5-6-7-8-9-10-11-14-19-15-12-13-17-16-18/h16H,2-15H2,1H3,(H,17,18). The summed E-state index contributed by atoms with van der Waals surface area (Å²) in [6, 6.07) is 0. The molecule has 0 atom stereocenters. The molecular weight excluding hydrogens is 238 g/mol. The Morgan fingerprint density at radius 2 is 1.32 bits per heavy atom. The van der Waals surface area contributed by atoms with Crippen LogP contribution in [0, 0.1) is 0 Å². The summed E-state index contributed by atoms with van der Waals surface area (Å²) in [6.07, 6.45) is 15.3. The first-order chi connectivity index (χ1) is 9.41. The third kappa shape index (κ3) is 17.4. The van der Waals surface area contributed by atoms with Gasteiger partial charge < -0.3 is 10.1 Å². The highest BCUT2D eigenvalue weighted by Gasteiger charge is 1.93. The van der Waals surface area contributed by atoms with Crippen LogP contribution in [0.25, 0.3) is 0 Å². The van der Waals surface area contributed by atoms with Crippen LogP contribution in [0.3, 0.4) is 0 Å². The predicted octanol–water partition coefficient (Wildman–Crippen LogP) is 4.06. The highest BCUT2D eigenvalue weighted by Crippen LogP contribution is 2.10. The van der Waals surface area contributed by atoms with Crippen molar-refractivity contribution in [3.8, 4) is 0 Å². The van der Waals surface area contributed by atoms with E-state index in [2.05, 4.69) is 12.2 Å². The molecule has 0 heterocycles. The van der Waals surface area contributed by atoms with E-state index in [4.69, 9.17) is 4.74 Å². The Hall–Kier alpha value is -0.570. The summed E-state index contributed by atoms with van der Waals surface area (Å²) in [5.41, 5.74) is 0. The van der Waals surface area contributed by atoms with E-state index in [1.54, 1.807) is 0 Å². The molecule has 0 bridgehead atoms. The van der Waals surface area contributed by atoms with Gasteiger partial charge in [0.1, 0.15) is 0 Å². The second-order valence-electron chi connectivity index (χ2n) is 5.22. The van der Waals surface area contributed by atoms with Gasteiger partial charge in [0, 0.05) is 19.8 Å². The fourth-order valence-corrected chi connectivity index (χ4v) is 2.13. The maximum Gasteiger partial charge on any atom is 0.207 e. The van der Waals surface area contributed by atoms with Gasteiger partial charge in [0.25, 0.3) is 0 Å². The van der Waals surface area contributed by atoms with E-state index in [0.717, 1.165) is 32.6 Å². The first-order valence-corrected chi connectivity index (χ1v) is 8.16. The second-order valence-corrected chi connectivity index (χ2v) is 5.22. The summed E-state index contributed by atoms with van der Waals surface area (Å²) >= 11 is 0. The second kappa shape index (κ2) is 17.4. The van der Waals surface area contributed by atoms with Crippen LogP contribution >= 0.6 is 0 Å². The molecule has 0 aliphatic carbocycles. The molecule has 1 N–H and O–H groups in total. The lowest BCUT2D eigenvalue weighted by Gasteiger charge is -2.04. The molecule has 0 saturated carbocycles. The molecule has 3 nitrogen and oxygen atoms in total. The lowest BCUT2D eigenvalue weighted by molar-refractivity contribution is -0.109. The Morgan fingerprint density at radius 3 is 1.89 bits per heavy atom. The summed E-state index contributed by atoms with van der Waals surface area (Å²) in [7, 11) is 0. The van der Waals surface area contributed by atoms with Crippen LogP contribution in [-0.4, -0.2) is 26.2 Å². The zero-order chi connectivity index (χ0) is 14.0. The van der Waals surface area contributed by atoms with Crippen molar-refractivity contribution in [2.45, 2.75) is 77.6 Å². The molecule has 0 rings (SSSR count). The number of carbonyl (C=O) groups is 1. The smallest absolute Gasteiger partial charge is 0.207 e. The largest absolute Gasteiger partial charge is 0.381 e. The van der Waals surface area contributed by atoms with Gasteiger partial charge in [0.2, 0.25) is 6.41 Å². The number of ether oxygens (including phenoxy) is 1. The van der Waals surface area contributed by atoms with Crippen LogP contribution in [0.2, 0.25) is 0 Å². The topological polar surface area (TPSA) is 38.3 Å². The molecule has 3 heteroatoms. The minimum absolute atomic E-state index is 0.724. The molecule has 19 heavy (non-hydrogen) atoms. The summed E-state index contributed by atoms with van der Waals surface area (Å²) in [5.74, 6) is 0. The van der Waals surface area contributed by atoms with Crippen molar-refractivity contribution >= 4 is 6.41 Å². The van der Waals surface area contributed by atoms with E-state index in [9.17, 15) is 4.79 Å². The van der Waals surface area contributed by atoms with E-state index in [1.807, 2.05) is 0 Å². The number of unbranched alkanes of at least 4 members (excludes halogenated alkanes) is 9. The molecule has 0 unspecified atom stereocenters. The number of rotatable bonds is 16. The maximum absolute atomic E-state index is 9.99. The summed E-state index contributed by atoms with van der Waals surface area (Å²) in [6.45, 7) is 4.62. The van der Waals surface area contributed by atoms with Gasteiger partial charge in [-0.3, -0.25) is 4.79 Å². The van der Waals surface area contributed by atoms with Crippen LogP contribution in [0.1, 0.15) is 77.6 Å². The highest BCUT2D eigenvalue weighted by atomic mass is 16.5. The fraction of sp³-hybridized carbons (Fsp3) is 0.938. The molecule has 0 spiro atoms. The molecule has 0 aliphatic heterocycles. The van der Waals surface area contributed by atoms with Gasteiger partial charge >= 0.3 is 0 Å². The molecule has 0 aliphatic rings. The van der Waals surface area contributed by atoms with Crippen LogP contribution in [-0.2, 0) is 9.53 Å². The van der Waals surface area contributed by atoms with Crippen molar-refractivity contribution in [1.29, 1.82) is 0 Å². The summed E-state index contributed by atoms with van der Waals surface area (Å²) < 4.78 is 5.50. The third-order valence-electron chi connectivity index (χ3n) is 3.34. The Kier molecular flexibility index (Phi) is 16.9. The zero-order valence-corrected chi connectivity index (χ0v) is 12.8. The molecule has 114 valence electrons. The van der Waals surface area contributed by atoms with Crippen molar-refractivity contribution in [2.24, 2.45) is 0 Å². The van der Waals surface area contributed by atoms with Crippen molar-refractivity contribution in [3.63, 3.8) is 0 Å². The molecule has 0 aromatic rings. The number of nitrogens with one attached hydrogen (secondary N) is 1. The van der Waals surface area contributed by atoms with E-state index >= 15 is 0 Å². The van der Waals surface area contributed by atoms with Crippen molar-refractivity contribution in [3.05, 3.63) is 0 Å². The van der Waals surface area contributed by atoms with Crippen molar-refractivity contribution in [1.82, 2.24) is 5.32 Å². The van der Waals surface area contributed by atoms with E-state index in [-0.39, 0.29) is 0 Å². The first-order valence-electron chi connectivity index (χ1n) is 8.16. The van der Waals surface area contributed by atoms with Crippen molar-refractivity contribution < 1.29 is 9.53 Å². The van der Waals surface area contributed by atoms with E-state index in [1.165, 1.54) is 64.2 Å². The molecule has 0 saturated heterocycles. The number of amides is 1. The fourth-order valence-electron chi connectivity index (χ4n) is 2.13. The van der Waals surface area contributed by atoms with E-state index in [0.29, 0.717) is 0 Å². The van der Waals surface area contributed by atoms with E-state index < -0.39 is 0 Å². The van der Waals surface area contributed by atoms with Gasteiger partial charge in [0.15, 0.2) is 0 Å². The van der Waals surface area contributed by atoms with Crippen LogP contribution in [0.4, 0.5) is 0 Å². The van der Waals surface area contributed by atoms with Crippen LogP contribution in [0.5, 0.6) is 0 Å². The normalized spacial score (nSPS) is 10.6. The SMILES string of the molecule is CCCCCCCCCCCCOCCCNC=O. The number of hydrogen-bond acceptors (Lipinski definition) is 2. The van der Waals surface area contributed by atoms with Gasteiger partial charge in [-0.1, -0.05) is 64.7 Å². The van der Waals surface area contributed by atoms with Crippen molar-refractivity contribution in [2.75, 3.05) is 19.8 Å². The Balaban J connectivity index is 2.89. The van der Waals surface area contributed by atoms with Gasteiger partial charge in [-0.25, -0.2) is 0 Å². The predicted molar refractivity (Wildman–Crippen MR) is 81.3 cm³/mol. The molecule has 0 fully saturated rings. The number of hydrogen-bond donors (Lipinski definition) is 1. The lowest BCUT2D eigenvalue weighted by Crippen LogP contribution is -2.14. The minimum Gasteiger partial charge on any atom is -0.381 e. The highest BCUT2D eigenvalue weighted by molar-refractivity contribution is 5.45. The van der Waals surface area contributed by atoms with Crippen LogP contribution < -0.4 is 5.32 Å². The number of carbonyl (C=O) groups excluding carboxylic acids is 1. The molecule has 0 aromatic carbocycles. The Labute approximate surface area is 119 Å². The minimum atomic E-state index is 0.724. The molecule has 0 radical (unpaired) electrons. The lowest BCUT2D eigenvalue weighted by atomic mass is 10.1. The van der Waals surface area contributed by atoms with Gasteiger partial charge in [-0.15, -0.1) is 0 Å². The average molecular weight is 271 g/mol. The van der Waals surface area contributed by atoms with Gasteiger partial charge in [-0.2, -0.15) is 0 Å². The summed E-state index contributed by atoms with van der Waals surface area (Å²) in [5, 5.41) is 2.63. The molecule has 1 amide bonds. The summed E-state index contributed by atoms with van der Waals surface area (Å²) in [4.78, 5) is 9.99. The Bertz CT molecular complexity index is 174. The van der Waals surface area contributed by atoms with Crippen LogP contribution in [0.15, 0.2) is 0 Å². The Morgan fingerprint density at radius 1 is 0.789 bits per heavy atom. The molecular formula is C16H33NO2. The zero-order valence-electron chi connectivity index (χ0n) is 12.8. The maximum atomic E-state index is 9.99. The average Bonchev–Trinajstić information content (AvgIpc) is 2.43. The quantitative estimate of drug-likeness (QED) is 0.339. The van der Waals surface area contributed by atoms with Gasteiger partial charge in [0.05, 0.1) is 0 Å². The molecule has 0 aromatic heterocycles. The third-order valence-corrected chi connectivity index (χ3v) is 3.34.